The largest absolute Gasteiger partial charge is 0.479 e. The predicted molar refractivity (Wildman–Crippen MR) is 50.1 cm³/mol. The zero-order chi connectivity index (χ0) is 12.2. The second kappa shape index (κ2) is 5.09. The molecule has 3 unspecified atom stereocenters. The number of methoxy groups -OCH3 is 1. The van der Waals surface area contributed by atoms with Crippen molar-refractivity contribution in [2.75, 3.05) is 7.11 Å². The highest BCUT2D eigenvalue weighted by Gasteiger charge is 2.51. The lowest BCUT2D eigenvalue weighted by molar-refractivity contribution is -0.193. The molecule has 0 radical (unpaired) electrons. The third-order valence-corrected chi connectivity index (χ3v) is 2.55. The van der Waals surface area contributed by atoms with E-state index in [0.29, 0.717) is 6.42 Å². The summed E-state index contributed by atoms with van der Waals surface area (Å²) in [5.41, 5.74) is -2.51. The first-order chi connectivity index (χ1) is 6.82. The lowest BCUT2D eigenvalue weighted by Gasteiger charge is -2.31. The van der Waals surface area contributed by atoms with Crippen molar-refractivity contribution in [2.24, 2.45) is 5.92 Å². The van der Waals surface area contributed by atoms with Gasteiger partial charge in [0.1, 0.15) is 0 Å². The smallest absolute Gasteiger partial charge is 0.339 e. The fourth-order valence-corrected chi connectivity index (χ4v) is 1.20. The van der Waals surface area contributed by atoms with Gasteiger partial charge in [-0.2, -0.15) is 0 Å². The van der Waals surface area contributed by atoms with Gasteiger partial charge in [0.2, 0.25) is 5.60 Å². The van der Waals surface area contributed by atoms with Gasteiger partial charge in [0, 0.05) is 0 Å². The van der Waals surface area contributed by atoms with Crippen LogP contribution in [-0.4, -0.2) is 46.1 Å². The molecule has 0 aromatic rings. The van der Waals surface area contributed by atoms with Crippen LogP contribution in [0.3, 0.4) is 0 Å². The molecule has 0 saturated carbocycles. The number of hydrogen-bond acceptors (Lipinski definition) is 5. The van der Waals surface area contributed by atoms with E-state index in [4.69, 9.17) is 5.11 Å². The molecule has 88 valence electrons. The average Bonchev–Trinajstić information content (AvgIpc) is 2.24. The molecule has 0 aliphatic heterocycles. The van der Waals surface area contributed by atoms with E-state index in [-0.39, 0.29) is 0 Å². The number of rotatable bonds is 5. The van der Waals surface area contributed by atoms with Crippen LogP contribution < -0.4 is 0 Å². The van der Waals surface area contributed by atoms with Crippen LogP contribution in [0.25, 0.3) is 0 Å². The molecule has 0 amide bonds. The summed E-state index contributed by atoms with van der Waals surface area (Å²) in [4.78, 5) is 21.9. The summed E-state index contributed by atoms with van der Waals surface area (Å²) in [6, 6.07) is 0. The Morgan fingerprint density at radius 3 is 2.20 bits per heavy atom. The third kappa shape index (κ3) is 2.45. The van der Waals surface area contributed by atoms with Crippen LogP contribution in [0.2, 0.25) is 0 Å². The van der Waals surface area contributed by atoms with Crippen molar-refractivity contribution in [3.8, 4) is 0 Å². The maximum Gasteiger partial charge on any atom is 0.339 e. The fraction of sp³-hybridized carbons (Fsp3) is 0.778. The number of aliphatic hydroxyl groups is 2. The molecule has 0 spiro atoms. The molecule has 6 heteroatoms. The Balaban J connectivity index is 5.11. The minimum atomic E-state index is -2.51. The summed E-state index contributed by atoms with van der Waals surface area (Å²) >= 11 is 0. The second-order valence-corrected chi connectivity index (χ2v) is 3.37. The first-order valence-electron chi connectivity index (χ1n) is 4.53. The van der Waals surface area contributed by atoms with E-state index in [2.05, 4.69) is 4.74 Å². The van der Waals surface area contributed by atoms with Crippen molar-refractivity contribution in [3.05, 3.63) is 0 Å². The van der Waals surface area contributed by atoms with Gasteiger partial charge in [0.25, 0.3) is 0 Å². The molecule has 0 bridgehead atoms. The van der Waals surface area contributed by atoms with Crippen molar-refractivity contribution < 1.29 is 29.6 Å². The number of carboxylic acid groups (broad SMARTS) is 1. The Morgan fingerprint density at radius 2 is 1.93 bits per heavy atom. The lowest BCUT2D eigenvalue weighted by Crippen LogP contribution is -2.57. The number of ether oxygens (including phenoxy) is 1. The number of aliphatic carboxylic acids is 1. The SMILES string of the molecule is CCC(C)C(O)(C(=O)O)C(O)C(=O)OC. The zero-order valence-electron chi connectivity index (χ0n) is 8.93. The summed E-state index contributed by atoms with van der Waals surface area (Å²) in [6.07, 6.45) is -1.79. The quantitative estimate of drug-likeness (QED) is 0.533. The van der Waals surface area contributed by atoms with Crippen LogP contribution in [-0.2, 0) is 14.3 Å². The van der Waals surface area contributed by atoms with Gasteiger partial charge in [0.15, 0.2) is 6.10 Å². The average molecular weight is 220 g/mol. The molecule has 6 nitrogen and oxygen atoms in total. The molecular weight excluding hydrogens is 204 g/mol. The van der Waals surface area contributed by atoms with Gasteiger partial charge in [-0.15, -0.1) is 0 Å². The molecule has 0 aromatic carbocycles. The van der Waals surface area contributed by atoms with Crippen molar-refractivity contribution in [1.82, 2.24) is 0 Å². The molecule has 0 aliphatic rings. The van der Waals surface area contributed by atoms with Gasteiger partial charge >= 0.3 is 11.9 Å². The molecule has 0 rings (SSSR count). The Kier molecular flexibility index (Phi) is 4.70. The van der Waals surface area contributed by atoms with E-state index < -0.39 is 29.6 Å². The third-order valence-electron chi connectivity index (χ3n) is 2.55. The molecular formula is C9H16O6. The molecule has 3 atom stereocenters. The first kappa shape index (κ1) is 13.9. The Labute approximate surface area is 87.5 Å². The molecule has 0 heterocycles. The van der Waals surface area contributed by atoms with Crippen LogP contribution >= 0.6 is 0 Å². The molecule has 0 saturated heterocycles. The molecule has 3 N–H and O–H groups in total. The number of carbonyl (C=O) groups is 2. The maximum atomic E-state index is 11.0. The van der Waals surface area contributed by atoms with Crippen LogP contribution in [0.15, 0.2) is 0 Å². The van der Waals surface area contributed by atoms with Gasteiger partial charge in [-0.25, -0.2) is 9.59 Å². The number of hydrogen-bond donors (Lipinski definition) is 3. The summed E-state index contributed by atoms with van der Waals surface area (Å²) in [5.74, 6) is -3.58. The van der Waals surface area contributed by atoms with E-state index in [0.717, 1.165) is 7.11 Å². The number of esters is 1. The van der Waals surface area contributed by atoms with Crippen molar-refractivity contribution in [2.45, 2.75) is 32.0 Å². The monoisotopic (exact) mass is 220 g/mol. The van der Waals surface area contributed by atoms with Gasteiger partial charge in [-0.05, 0) is 5.92 Å². The fourth-order valence-electron chi connectivity index (χ4n) is 1.20. The maximum absolute atomic E-state index is 11.0. The minimum absolute atomic E-state index is 0.302. The van der Waals surface area contributed by atoms with Gasteiger partial charge < -0.3 is 20.1 Å². The molecule has 0 aliphatic carbocycles. The molecule has 0 aromatic heterocycles. The van der Waals surface area contributed by atoms with Crippen molar-refractivity contribution >= 4 is 11.9 Å². The normalized spacial score (nSPS) is 18.7. The van der Waals surface area contributed by atoms with Gasteiger partial charge in [0.05, 0.1) is 7.11 Å². The summed E-state index contributed by atoms with van der Waals surface area (Å²) in [5, 5.41) is 28.0. The van der Waals surface area contributed by atoms with Gasteiger partial charge in [-0.1, -0.05) is 20.3 Å². The molecule has 15 heavy (non-hydrogen) atoms. The van der Waals surface area contributed by atoms with E-state index in [9.17, 15) is 19.8 Å². The number of carbonyl (C=O) groups excluding carboxylic acids is 1. The van der Waals surface area contributed by atoms with Crippen LogP contribution in [0.1, 0.15) is 20.3 Å². The number of carboxylic acids is 1. The summed E-state index contributed by atoms with van der Waals surface area (Å²) in [6.45, 7) is 3.07. The predicted octanol–water partition coefficient (Wildman–Crippen LogP) is -0.618. The lowest BCUT2D eigenvalue weighted by atomic mass is 9.82. The standard InChI is InChI=1S/C9H16O6/c1-4-5(2)9(14,8(12)13)6(10)7(11)15-3/h5-6,10,14H,4H2,1-3H3,(H,12,13). The minimum Gasteiger partial charge on any atom is -0.479 e. The van der Waals surface area contributed by atoms with E-state index in [1.54, 1.807) is 6.92 Å². The van der Waals surface area contributed by atoms with E-state index in [1.165, 1.54) is 6.92 Å². The van der Waals surface area contributed by atoms with E-state index in [1.807, 2.05) is 0 Å². The molecule has 0 fully saturated rings. The van der Waals surface area contributed by atoms with Crippen LogP contribution in [0.4, 0.5) is 0 Å². The van der Waals surface area contributed by atoms with E-state index >= 15 is 0 Å². The van der Waals surface area contributed by atoms with Crippen molar-refractivity contribution in [1.29, 1.82) is 0 Å². The topological polar surface area (TPSA) is 104 Å². The zero-order valence-corrected chi connectivity index (χ0v) is 8.93. The summed E-state index contributed by atoms with van der Waals surface area (Å²) < 4.78 is 4.19. The highest BCUT2D eigenvalue weighted by atomic mass is 16.5. The Morgan fingerprint density at radius 1 is 1.47 bits per heavy atom. The highest BCUT2D eigenvalue weighted by Crippen LogP contribution is 2.25. The number of aliphatic hydroxyl groups excluding tert-OH is 1. The Hall–Kier alpha value is -1.14. The second-order valence-electron chi connectivity index (χ2n) is 3.37. The van der Waals surface area contributed by atoms with Crippen LogP contribution in [0.5, 0.6) is 0 Å². The van der Waals surface area contributed by atoms with Gasteiger partial charge in [-0.3, -0.25) is 0 Å². The van der Waals surface area contributed by atoms with Crippen LogP contribution in [0, 0.1) is 5.92 Å². The Bertz CT molecular complexity index is 251. The first-order valence-corrected chi connectivity index (χ1v) is 4.53. The highest BCUT2D eigenvalue weighted by molar-refractivity contribution is 5.88. The summed E-state index contributed by atoms with van der Waals surface area (Å²) in [7, 11) is 1.00. The van der Waals surface area contributed by atoms with Crippen molar-refractivity contribution in [3.63, 3.8) is 0 Å².